The number of rotatable bonds is 2. The smallest absolute Gasteiger partial charge is 0.217 e. The molecule has 0 unspecified atom stereocenters. The normalized spacial score (nSPS) is 10.7. The predicted molar refractivity (Wildman–Crippen MR) is 74.4 cm³/mol. The van der Waals surface area contributed by atoms with E-state index in [0.717, 1.165) is 0 Å². The summed E-state index contributed by atoms with van der Waals surface area (Å²) in [6, 6.07) is 12.1. The van der Waals surface area contributed by atoms with Gasteiger partial charge < -0.3 is 0 Å². The van der Waals surface area contributed by atoms with Crippen molar-refractivity contribution in [2.24, 2.45) is 5.10 Å². The van der Waals surface area contributed by atoms with E-state index < -0.39 is 16.7 Å². The summed E-state index contributed by atoms with van der Waals surface area (Å²) < 4.78 is 13.0. The van der Waals surface area contributed by atoms with Crippen molar-refractivity contribution >= 4 is 16.5 Å². The zero-order valence-electron chi connectivity index (χ0n) is 10.3. The molecule has 0 aliphatic rings. The third-order valence-corrected chi connectivity index (χ3v) is 2.97. The highest BCUT2D eigenvalue weighted by Gasteiger charge is 2.09. The second-order valence-electron chi connectivity index (χ2n) is 4.29. The zero-order valence-corrected chi connectivity index (χ0v) is 10.3. The maximum Gasteiger partial charge on any atom is 0.217 e. The minimum absolute atomic E-state index is 0.185. The Morgan fingerprint density at radius 3 is 2.15 bits per heavy atom. The van der Waals surface area contributed by atoms with E-state index >= 15 is 0 Å². The summed E-state index contributed by atoms with van der Waals surface area (Å²) in [5.41, 5.74) is 2.06. The molecule has 0 radical (unpaired) electrons. The van der Waals surface area contributed by atoms with Crippen LogP contribution in [-0.4, -0.2) is 0 Å². The molecule has 0 atom stereocenters. The molecule has 0 aliphatic carbocycles. The van der Waals surface area contributed by atoms with Crippen molar-refractivity contribution < 1.29 is 4.39 Å². The van der Waals surface area contributed by atoms with Crippen molar-refractivity contribution in [3.63, 3.8) is 0 Å². The van der Waals surface area contributed by atoms with Crippen LogP contribution in [0.1, 0.15) is 0 Å². The fourth-order valence-electron chi connectivity index (χ4n) is 2.02. The molecule has 0 bridgehead atoms. The Bertz CT molecular complexity index is 890. The lowest BCUT2D eigenvalue weighted by Crippen LogP contribution is -2.32. The van der Waals surface area contributed by atoms with Crippen molar-refractivity contribution in [1.82, 2.24) is 0 Å². The predicted octanol–water partition coefficient (Wildman–Crippen LogP) is 1.50. The van der Waals surface area contributed by atoms with Gasteiger partial charge in [0.05, 0.1) is 5.69 Å². The van der Waals surface area contributed by atoms with Crippen LogP contribution in [0.2, 0.25) is 0 Å². The molecule has 4 nitrogen and oxygen atoms in total. The first-order valence-corrected chi connectivity index (χ1v) is 5.94. The van der Waals surface area contributed by atoms with E-state index in [9.17, 15) is 14.0 Å². The molecular weight excluding hydrogens is 259 g/mol. The Labute approximate surface area is 112 Å². The van der Waals surface area contributed by atoms with E-state index in [-0.39, 0.29) is 5.36 Å². The molecule has 20 heavy (non-hydrogen) atoms. The number of halogens is 1. The average molecular weight is 268 g/mol. The number of nitrogens with zero attached hydrogens (tertiary/aromatic N) is 1. The molecule has 3 aromatic rings. The van der Waals surface area contributed by atoms with Crippen molar-refractivity contribution in [2.75, 3.05) is 5.43 Å². The maximum absolute atomic E-state index is 13.0. The summed E-state index contributed by atoms with van der Waals surface area (Å²) in [6.07, 6.45) is 0. The zero-order chi connectivity index (χ0) is 14.1. The molecule has 5 heteroatoms. The molecule has 98 valence electrons. The van der Waals surface area contributed by atoms with Gasteiger partial charge in [-0.3, -0.25) is 15.0 Å². The van der Waals surface area contributed by atoms with Crippen LogP contribution in [0, 0.1) is 5.82 Å². The summed E-state index contributed by atoms with van der Waals surface area (Å²) in [4.78, 5) is 24.1. The molecule has 3 aromatic carbocycles. The fourth-order valence-corrected chi connectivity index (χ4v) is 2.02. The fraction of sp³-hybridized carbons (Fsp3) is 0. The van der Waals surface area contributed by atoms with Gasteiger partial charge in [-0.25, -0.2) is 4.39 Å². The van der Waals surface area contributed by atoms with Crippen molar-refractivity contribution in [2.45, 2.75) is 0 Å². The third kappa shape index (κ3) is 1.99. The largest absolute Gasteiger partial charge is 0.287 e. The molecule has 0 fully saturated rings. The molecule has 0 amide bonds. The van der Waals surface area contributed by atoms with Crippen LogP contribution in [0.3, 0.4) is 0 Å². The van der Waals surface area contributed by atoms with Gasteiger partial charge in [0.25, 0.3) is 0 Å². The third-order valence-electron chi connectivity index (χ3n) is 2.97. The van der Waals surface area contributed by atoms with Gasteiger partial charge in [0.1, 0.15) is 5.82 Å². The SMILES string of the molecule is O=c1c(=NNc2cccc(F)c2)c(=O)c2ccccc12. The number of nitrogens with one attached hydrogen (secondary N) is 1. The molecule has 0 saturated heterocycles. The number of benzene rings is 2. The van der Waals surface area contributed by atoms with Crippen LogP contribution >= 0.6 is 0 Å². The monoisotopic (exact) mass is 268 g/mol. The second-order valence-corrected chi connectivity index (χ2v) is 4.29. The van der Waals surface area contributed by atoms with Gasteiger partial charge in [0, 0.05) is 10.8 Å². The Kier molecular flexibility index (Phi) is 2.87. The summed E-state index contributed by atoms with van der Waals surface area (Å²) in [6.45, 7) is 0. The summed E-state index contributed by atoms with van der Waals surface area (Å²) >= 11 is 0. The first-order chi connectivity index (χ1) is 9.66. The Hall–Kier alpha value is -2.82. The van der Waals surface area contributed by atoms with E-state index in [4.69, 9.17) is 0 Å². The lowest BCUT2D eigenvalue weighted by molar-refractivity contribution is 0.628. The van der Waals surface area contributed by atoms with Gasteiger partial charge >= 0.3 is 0 Å². The van der Waals surface area contributed by atoms with Crippen LogP contribution in [0.4, 0.5) is 10.1 Å². The minimum atomic E-state index is -0.428. The van der Waals surface area contributed by atoms with Gasteiger partial charge in [-0.1, -0.05) is 30.3 Å². The van der Waals surface area contributed by atoms with E-state index in [1.807, 2.05) is 0 Å². The highest BCUT2D eigenvalue weighted by atomic mass is 19.1. The standard InChI is InChI=1S/C15H9FN2O2/c16-9-4-3-5-10(8-9)17-18-13-14(19)11-6-1-2-7-12(11)15(13)20/h1-8,17H. The molecule has 0 spiro atoms. The van der Waals surface area contributed by atoms with E-state index in [1.54, 1.807) is 30.3 Å². The van der Waals surface area contributed by atoms with E-state index in [1.165, 1.54) is 18.2 Å². The van der Waals surface area contributed by atoms with Gasteiger partial charge in [0.15, 0.2) is 5.36 Å². The molecule has 1 N–H and O–H groups in total. The second kappa shape index (κ2) is 4.70. The minimum Gasteiger partial charge on any atom is -0.287 e. The highest BCUT2D eigenvalue weighted by Crippen LogP contribution is 2.08. The number of anilines is 1. The van der Waals surface area contributed by atoms with Gasteiger partial charge in [0.2, 0.25) is 10.9 Å². The molecular formula is C15H9FN2O2. The average Bonchev–Trinajstić information content (AvgIpc) is 2.70. The van der Waals surface area contributed by atoms with Gasteiger partial charge in [-0.2, -0.15) is 5.10 Å². The maximum atomic E-state index is 13.0. The summed E-state index contributed by atoms with van der Waals surface area (Å²) in [7, 11) is 0. The molecule has 3 rings (SSSR count). The number of hydrogen-bond donors (Lipinski definition) is 1. The molecule has 0 heterocycles. The lowest BCUT2D eigenvalue weighted by atomic mass is 10.2. The quantitative estimate of drug-likeness (QED) is 0.717. The van der Waals surface area contributed by atoms with Crippen LogP contribution in [-0.2, 0) is 0 Å². The Morgan fingerprint density at radius 2 is 1.55 bits per heavy atom. The topological polar surface area (TPSA) is 58.5 Å². The molecule has 0 aliphatic heterocycles. The van der Waals surface area contributed by atoms with Crippen LogP contribution in [0.5, 0.6) is 0 Å². The first kappa shape index (κ1) is 12.2. The Balaban J connectivity index is 2.13. The van der Waals surface area contributed by atoms with E-state index in [2.05, 4.69) is 10.5 Å². The van der Waals surface area contributed by atoms with Crippen LogP contribution in [0.25, 0.3) is 10.8 Å². The van der Waals surface area contributed by atoms with Crippen molar-refractivity contribution in [3.8, 4) is 0 Å². The molecule has 0 saturated carbocycles. The van der Waals surface area contributed by atoms with E-state index in [0.29, 0.717) is 16.5 Å². The number of fused-ring (bicyclic) bond motifs is 1. The van der Waals surface area contributed by atoms with Gasteiger partial charge in [-0.15, -0.1) is 0 Å². The summed E-state index contributed by atoms with van der Waals surface area (Å²) in [5, 5.41) is 4.32. The van der Waals surface area contributed by atoms with Crippen molar-refractivity contribution in [3.05, 3.63) is 80.2 Å². The number of hydrogen-bond acceptors (Lipinski definition) is 4. The van der Waals surface area contributed by atoms with Crippen LogP contribution in [0.15, 0.2) is 63.2 Å². The van der Waals surface area contributed by atoms with Crippen LogP contribution < -0.4 is 21.6 Å². The highest BCUT2D eigenvalue weighted by molar-refractivity contribution is 5.83. The molecule has 0 aromatic heterocycles. The lowest BCUT2D eigenvalue weighted by Gasteiger charge is -1.97. The van der Waals surface area contributed by atoms with Gasteiger partial charge in [-0.05, 0) is 18.2 Å². The first-order valence-electron chi connectivity index (χ1n) is 5.94. The summed E-state index contributed by atoms with van der Waals surface area (Å²) in [5.74, 6) is -0.428. The van der Waals surface area contributed by atoms with Crippen molar-refractivity contribution in [1.29, 1.82) is 0 Å². The Morgan fingerprint density at radius 1 is 0.900 bits per heavy atom.